The van der Waals surface area contributed by atoms with Crippen molar-refractivity contribution in [1.29, 1.82) is 5.26 Å². The number of hydrogen-bond donors (Lipinski definition) is 1. The lowest BCUT2D eigenvalue weighted by Crippen LogP contribution is -1.95. The highest BCUT2D eigenvalue weighted by Crippen LogP contribution is 2.31. The highest BCUT2D eigenvalue weighted by Gasteiger charge is 2.05. The van der Waals surface area contributed by atoms with E-state index in [0.717, 1.165) is 0 Å². The van der Waals surface area contributed by atoms with E-state index in [2.05, 4.69) is 10.3 Å². The van der Waals surface area contributed by atoms with Gasteiger partial charge in [-0.05, 0) is 24.3 Å². The topological polar surface area (TPSA) is 48.7 Å². The van der Waals surface area contributed by atoms with Gasteiger partial charge >= 0.3 is 0 Å². The Bertz CT molecular complexity index is 591. The fraction of sp³-hybridized carbons (Fsp3) is 0. The second kappa shape index (κ2) is 5.05. The molecule has 1 N–H and O–H groups in total. The van der Waals surface area contributed by atoms with Crippen molar-refractivity contribution in [2.45, 2.75) is 0 Å². The van der Waals surface area contributed by atoms with Crippen molar-refractivity contribution in [3.05, 3.63) is 52.1 Å². The predicted molar refractivity (Wildman–Crippen MR) is 68.7 cm³/mol. The Labute approximate surface area is 109 Å². The summed E-state index contributed by atoms with van der Waals surface area (Å²) in [5, 5.41) is 12.6. The number of nitrogens with zero attached hydrogens (tertiary/aromatic N) is 2. The van der Waals surface area contributed by atoms with Crippen LogP contribution >= 0.6 is 23.2 Å². The molecule has 0 spiro atoms. The van der Waals surface area contributed by atoms with Gasteiger partial charge in [0.25, 0.3) is 0 Å². The average molecular weight is 264 g/mol. The number of pyridine rings is 1. The molecule has 0 saturated carbocycles. The second-order valence-electron chi connectivity index (χ2n) is 3.25. The number of rotatable bonds is 2. The molecule has 2 aromatic rings. The molecule has 17 heavy (non-hydrogen) atoms. The molecule has 0 bridgehead atoms. The Morgan fingerprint density at radius 2 is 1.88 bits per heavy atom. The Kier molecular flexibility index (Phi) is 3.48. The van der Waals surface area contributed by atoms with Gasteiger partial charge in [-0.25, -0.2) is 4.98 Å². The number of nitrogens with one attached hydrogen (secondary N) is 1. The van der Waals surface area contributed by atoms with Crippen molar-refractivity contribution >= 4 is 34.7 Å². The van der Waals surface area contributed by atoms with E-state index >= 15 is 0 Å². The molecule has 0 radical (unpaired) electrons. The second-order valence-corrected chi connectivity index (χ2v) is 4.03. The van der Waals surface area contributed by atoms with Gasteiger partial charge in [0, 0.05) is 0 Å². The standard InChI is InChI=1S/C12H7Cl2N3/c13-9-4-2-5-10(12(9)14)17-11-6-1-3-8(7-15)16-11/h1-6H,(H,16,17). The zero-order valence-corrected chi connectivity index (χ0v) is 10.1. The SMILES string of the molecule is N#Cc1cccc(Nc2cccc(Cl)c2Cl)n1. The van der Waals surface area contributed by atoms with Crippen LogP contribution in [0.15, 0.2) is 36.4 Å². The third-order valence-corrected chi connectivity index (χ3v) is 2.90. The van der Waals surface area contributed by atoms with Crippen LogP contribution < -0.4 is 5.32 Å². The minimum atomic E-state index is 0.341. The van der Waals surface area contributed by atoms with Crippen LogP contribution in [0, 0.1) is 11.3 Å². The Balaban J connectivity index is 2.32. The number of nitriles is 1. The molecule has 0 saturated heterocycles. The zero-order chi connectivity index (χ0) is 12.3. The minimum absolute atomic E-state index is 0.341. The highest BCUT2D eigenvalue weighted by atomic mass is 35.5. The van der Waals surface area contributed by atoms with E-state index in [1.165, 1.54) is 0 Å². The fourth-order valence-corrected chi connectivity index (χ4v) is 1.65. The lowest BCUT2D eigenvalue weighted by molar-refractivity contribution is 1.25. The first kappa shape index (κ1) is 11.7. The molecule has 0 aliphatic rings. The van der Waals surface area contributed by atoms with E-state index in [9.17, 15) is 0 Å². The van der Waals surface area contributed by atoms with Crippen molar-refractivity contribution < 1.29 is 0 Å². The molecular weight excluding hydrogens is 257 g/mol. The lowest BCUT2D eigenvalue weighted by atomic mass is 10.3. The quantitative estimate of drug-likeness (QED) is 0.891. The normalized spacial score (nSPS) is 9.71. The predicted octanol–water partition coefficient (Wildman–Crippen LogP) is 4.00. The summed E-state index contributed by atoms with van der Waals surface area (Å²) in [4.78, 5) is 4.08. The molecule has 2 rings (SSSR count). The number of hydrogen-bond acceptors (Lipinski definition) is 3. The van der Waals surface area contributed by atoms with Crippen molar-refractivity contribution in [2.75, 3.05) is 5.32 Å². The van der Waals surface area contributed by atoms with Gasteiger partial charge in [-0.15, -0.1) is 0 Å². The number of benzene rings is 1. The summed E-state index contributed by atoms with van der Waals surface area (Å²) < 4.78 is 0. The van der Waals surface area contributed by atoms with Crippen LogP contribution in [-0.4, -0.2) is 4.98 Å². The Hall–Kier alpha value is -1.76. The highest BCUT2D eigenvalue weighted by molar-refractivity contribution is 6.43. The van der Waals surface area contributed by atoms with Gasteiger partial charge in [0.2, 0.25) is 0 Å². The van der Waals surface area contributed by atoms with E-state index in [1.807, 2.05) is 6.07 Å². The molecule has 0 amide bonds. The van der Waals surface area contributed by atoms with Gasteiger partial charge in [-0.2, -0.15) is 5.26 Å². The Morgan fingerprint density at radius 1 is 1.12 bits per heavy atom. The van der Waals surface area contributed by atoms with E-state index in [1.54, 1.807) is 36.4 Å². The van der Waals surface area contributed by atoms with Gasteiger partial charge in [0.15, 0.2) is 0 Å². The van der Waals surface area contributed by atoms with Crippen LogP contribution in [0.5, 0.6) is 0 Å². The van der Waals surface area contributed by atoms with Gasteiger partial charge in [-0.3, -0.25) is 0 Å². The smallest absolute Gasteiger partial charge is 0.142 e. The maximum Gasteiger partial charge on any atom is 0.142 e. The molecule has 3 nitrogen and oxygen atoms in total. The van der Waals surface area contributed by atoms with Gasteiger partial charge in [0.1, 0.15) is 17.6 Å². The van der Waals surface area contributed by atoms with Gasteiger partial charge in [-0.1, -0.05) is 35.3 Å². The van der Waals surface area contributed by atoms with Crippen LogP contribution in [0.25, 0.3) is 0 Å². The first-order valence-corrected chi connectivity index (χ1v) is 5.54. The zero-order valence-electron chi connectivity index (χ0n) is 8.61. The third-order valence-electron chi connectivity index (χ3n) is 2.08. The van der Waals surface area contributed by atoms with Crippen molar-refractivity contribution in [2.24, 2.45) is 0 Å². The summed E-state index contributed by atoms with van der Waals surface area (Å²) in [6.45, 7) is 0. The van der Waals surface area contributed by atoms with Crippen molar-refractivity contribution in [1.82, 2.24) is 4.98 Å². The van der Waals surface area contributed by atoms with E-state index < -0.39 is 0 Å². The molecule has 5 heteroatoms. The largest absolute Gasteiger partial charge is 0.339 e. The summed E-state index contributed by atoms with van der Waals surface area (Å²) >= 11 is 11.9. The maximum atomic E-state index is 8.74. The van der Waals surface area contributed by atoms with Crippen LogP contribution in [0.2, 0.25) is 10.0 Å². The van der Waals surface area contributed by atoms with Gasteiger partial charge in [0.05, 0.1) is 15.7 Å². The average Bonchev–Trinajstić information content (AvgIpc) is 2.35. The van der Waals surface area contributed by atoms with E-state index in [0.29, 0.717) is 27.2 Å². The third kappa shape index (κ3) is 2.68. The summed E-state index contributed by atoms with van der Waals surface area (Å²) in [5.74, 6) is 0.549. The molecule has 0 atom stereocenters. The number of anilines is 2. The summed E-state index contributed by atoms with van der Waals surface area (Å²) in [7, 11) is 0. The summed E-state index contributed by atoms with van der Waals surface area (Å²) in [6, 6.07) is 12.4. The number of aromatic nitrogens is 1. The molecule has 1 heterocycles. The van der Waals surface area contributed by atoms with Crippen LogP contribution in [0.3, 0.4) is 0 Å². The molecule has 1 aromatic carbocycles. The maximum absolute atomic E-state index is 8.74. The van der Waals surface area contributed by atoms with Gasteiger partial charge < -0.3 is 5.32 Å². The molecule has 1 aromatic heterocycles. The lowest BCUT2D eigenvalue weighted by Gasteiger charge is -2.08. The first-order valence-electron chi connectivity index (χ1n) is 4.79. The Morgan fingerprint density at radius 3 is 2.65 bits per heavy atom. The van der Waals surface area contributed by atoms with Crippen LogP contribution in [-0.2, 0) is 0 Å². The van der Waals surface area contributed by atoms with Crippen LogP contribution in [0.4, 0.5) is 11.5 Å². The molecule has 0 aliphatic heterocycles. The minimum Gasteiger partial charge on any atom is -0.339 e. The first-order chi connectivity index (χ1) is 8.20. The molecule has 0 unspecified atom stereocenters. The van der Waals surface area contributed by atoms with Crippen molar-refractivity contribution in [3.8, 4) is 6.07 Å². The summed E-state index contributed by atoms with van der Waals surface area (Å²) in [5.41, 5.74) is 0.995. The van der Waals surface area contributed by atoms with E-state index in [4.69, 9.17) is 28.5 Å². The fourth-order valence-electron chi connectivity index (χ4n) is 1.30. The monoisotopic (exact) mass is 263 g/mol. The van der Waals surface area contributed by atoms with Crippen LogP contribution in [0.1, 0.15) is 5.69 Å². The molecule has 0 fully saturated rings. The summed E-state index contributed by atoms with van der Waals surface area (Å²) in [6.07, 6.45) is 0. The van der Waals surface area contributed by atoms with E-state index in [-0.39, 0.29) is 0 Å². The molecule has 0 aliphatic carbocycles. The molecular formula is C12H7Cl2N3. The number of halogens is 2. The molecule has 84 valence electrons. The van der Waals surface area contributed by atoms with Crippen molar-refractivity contribution in [3.63, 3.8) is 0 Å².